The van der Waals surface area contributed by atoms with E-state index >= 15 is 0 Å². The predicted molar refractivity (Wildman–Crippen MR) is 49.0 cm³/mol. The van der Waals surface area contributed by atoms with Crippen molar-refractivity contribution in [2.24, 2.45) is 5.73 Å². The van der Waals surface area contributed by atoms with Gasteiger partial charge in [-0.15, -0.1) is 0 Å². The third-order valence-corrected chi connectivity index (χ3v) is 1.06. The monoisotopic (exact) mass is 311 g/mol. The Morgan fingerprint density at radius 2 is 1.73 bits per heavy atom. The molecule has 0 fully saturated rings. The first-order valence-electron chi connectivity index (χ1n) is 2.77. The summed E-state index contributed by atoms with van der Waals surface area (Å²) in [7, 11) is 0. The average Bonchev–Trinajstić information content (AvgIpc) is 2.10. The summed E-state index contributed by atoms with van der Waals surface area (Å²) in [6.07, 6.45) is 0. The fourth-order valence-electron chi connectivity index (χ4n) is 0.602. The van der Waals surface area contributed by atoms with Crippen LogP contribution in [0.5, 0.6) is 0 Å². The molecule has 0 bridgehead atoms. The van der Waals surface area contributed by atoms with Gasteiger partial charge in [0.2, 0.25) is 5.91 Å². The Hall–Kier alpha value is -0.0605. The topological polar surface area (TPSA) is 43.1 Å². The number of halogens is 1. The van der Waals surface area contributed by atoms with E-state index in [1.807, 2.05) is 6.07 Å². The molecule has 4 heteroatoms. The van der Waals surface area contributed by atoms with Gasteiger partial charge in [-0.2, -0.15) is 0 Å². The predicted octanol–water partition coefficient (Wildman–Crippen LogP) is 1.67. The van der Waals surface area contributed by atoms with Crippen LogP contribution in [0.25, 0.3) is 0 Å². The molecule has 1 rings (SSSR count). The van der Waals surface area contributed by atoms with Gasteiger partial charge in [-0.25, -0.2) is 0 Å². The zero-order valence-electron chi connectivity index (χ0n) is 5.55. The number of rotatable bonds is 1. The van der Waals surface area contributed by atoms with Gasteiger partial charge in [0, 0.05) is 5.56 Å². The summed E-state index contributed by atoms with van der Waals surface area (Å²) in [6.45, 7) is 0. The molecule has 0 aliphatic rings. The van der Waals surface area contributed by atoms with Crippen molar-refractivity contribution in [2.75, 3.05) is 0 Å². The molecule has 1 aromatic rings. The van der Waals surface area contributed by atoms with Crippen LogP contribution < -0.4 is 5.73 Å². The van der Waals surface area contributed by atoms with E-state index in [1.165, 1.54) is 0 Å². The molecule has 1 aromatic carbocycles. The summed E-state index contributed by atoms with van der Waals surface area (Å²) < 4.78 is 0. The molecule has 0 saturated carbocycles. The van der Waals surface area contributed by atoms with Gasteiger partial charge in [0.05, 0.1) is 0 Å². The van der Waals surface area contributed by atoms with Gasteiger partial charge in [0.1, 0.15) is 0 Å². The number of nitrogens with two attached hydrogens (primary N) is 1. The first-order valence-corrected chi connectivity index (χ1v) is 5.81. The maximum absolute atomic E-state index is 10.4. The Balaban J connectivity index is 0.000000461. The zero-order chi connectivity index (χ0) is 8.69. The molecule has 0 unspecified atom stereocenters. The summed E-state index contributed by atoms with van der Waals surface area (Å²) in [5.74, 6) is -0.379. The zero-order valence-corrected chi connectivity index (χ0v) is 8.65. The van der Waals surface area contributed by atoms with Gasteiger partial charge >= 0.3 is 33.1 Å². The molecule has 0 aromatic heterocycles. The molecule has 1 amide bonds. The first kappa shape index (κ1) is 10.9. The fourth-order valence-corrected chi connectivity index (χ4v) is 0.602. The SMILES string of the molecule is NC(=O)c1ccccc1.[Cu][I]. The van der Waals surface area contributed by atoms with Crippen molar-refractivity contribution in [2.45, 2.75) is 0 Å². The quantitative estimate of drug-likeness (QED) is 0.622. The minimum atomic E-state index is -0.379. The first-order chi connectivity index (χ1) is 5.30. The summed E-state index contributed by atoms with van der Waals surface area (Å²) in [5.41, 5.74) is 5.53. The maximum atomic E-state index is 10.4. The minimum absolute atomic E-state index is 0.379. The summed E-state index contributed by atoms with van der Waals surface area (Å²) >= 11 is 5.87. The summed E-state index contributed by atoms with van der Waals surface area (Å²) in [5, 5.41) is 0. The van der Waals surface area contributed by atoms with Crippen molar-refractivity contribution < 1.29 is 17.6 Å². The van der Waals surface area contributed by atoms with Crippen LogP contribution in [0, 0.1) is 0 Å². The molecule has 0 radical (unpaired) electrons. The number of primary amides is 1. The molecular weight excluding hydrogens is 305 g/mol. The molecular formula is C7H7CuINO. The third-order valence-electron chi connectivity index (χ3n) is 1.06. The Morgan fingerprint density at radius 1 is 1.27 bits per heavy atom. The molecule has 2 nitrogen and oxygen atoms in total. The molecule has 0 spiro atoms. The Morgan fingerprint density at radius 3 is 2.00 bits per heavy atom. The van der Waals surface area contributed by atoms with Gasteiger partial charge < -0.3 is 5.73 Å². The molecule has 0 aliphatic carbocycles. The number of carbonyl (C=O) groups is 1. The van der Waals surface area contributed by atoms with Crippen molar-refractivity contribution in [3.63, 3.8) is 0 Å². The van der Waals surface area contributed by atoms with E-state index in [1.54, 1.807) is 44.6 Å². The molecule has 0 aliphatic heterocycles. The Bertz CT molecular complexity index is 215. The molecule has 11 heavy (non-hydrogen) atoms. The van der Waals surface area contributed by atoms with Crippen LogP contribution in [0.15, 0.2) is 30.3 Å². The van der Waals surface area contributed by atoms with Crippen LogP contribution in [-0.4, -0.2) is 5.91 Å². The number of benzene rings is 1. The Kier molecular flexibility index (Phi) is 6.60. The van der Waals surface area contributed by atoms with E-state index in [2.05, 4.69) is 12.8 Å². The van der Waals surface area contributed by atoms with E-state index in [4.69, 9.17) is 5.73 Å². The molecule has 2 N–H and O–H groups in total. The van der Waals surface area contributed by atoms with Crippen molar-refractivity contribution in [1.82, 2.24) is 0 Å². The number of amides is 1. The van der Waals surface area contributed by atoms with Crippen molar-refractivity contribution in [3.8, 4) is 0 Å². The van der Waals surface area contributed by atoms with E-state index in [-0.39, 0.29) is 5.91 Å². The summed E-state index contributed by atoms with van der Waals surface area (Å²) in [6, 6.07) is 8.76. The van der Waals surface area contributed by atoms with Gasteiger partial charge in [0.15, 0.2) is 0 Å². The number of hydrogen-bond donors (Lipinski definition) is 1. The molecule has 0 saturated heterocycles. The normalized spacial score (nSPS) is 7.91. The summed E-state index contributed by atoms with van der Waals surface area (Å²) in [4.78, 5) is 10.4. The number of hydrogen-bond acceptors (Lipinski definition) is 1. The van der Waals surface area contributed by atoms with Gasteiger partial charge in [-0.1, -0.05) is 18.2 Å². The number of carbonyl (C=O) groups excluding carboxylic acids is 1. The third kappa shape index (κ3) is 4.40. The van der Waals surface area contributed by atoms with Crippen molar-refractivity contribution >= 4 is 26.3 Å². The van der Waals surface area contributed by atoms with Crippen LogP contribution in [0.3, 0.4) is 0 Å². The van der Waals surface area contributed by atoms with Crippen molar-refractivity contribution in [1.29, 1.82) is 0 Å². The Labute approximate surface area is 85.1 Å². The second-order valence-corrected chi connectivity index (χ2v) is 1.73. The van der Waals surface area contributed by atoms with Gasteiger partial charge in [-0.3, -0.25) is 4.79 Å². The van der Waals surface area contributed by atoms with Crippen LogP contribution in [-0.2, 0) is 12.8 Å². The standard InChI is InChI=1S/C7H7NO.Cu.HI/c8-7(9)6-4-2-1-3-5-6;;/h1-5H,(H2,8,9);;1H/q;+1;/p-1. The average molecular weight is 312 g/mol. The fraction of sp³-hybridized carbons (Fsp3) is 0. The van der Waals surface area contributed by atoms with Crippen LogP contribution in [0.4, 0.5) is 0 Å². The molecule has 0 atom stereocenters. The van der Waals surface area contributed by atoms with Gasteiger partial charge in [0.25, 0.3) is 0 Å². The second kappa shape index (κ2) is 6.64. The van der Waals surface area contributed by atoms with E-state index in [9.17, 15) is 4.79 Å². The van der Waals surface area contributed by atoms with Gasteiger partial charge in [-0.05, 0) is 12.1 Å². The molecule has 0 heterocycles. The molecule has 64 valence electrons. The second-order valence-electron chi connectivity index (χ2n) is 1.73. The van der Waals surface area contributed by atoms with Crippen LogP contribution >= 0.6 is 20.3 Å². The van der Waals surface area contributed by atoms with Crippen LogP contribution in [0.1, 0.15) is 10.4 Å². The van der Waals surface area contributed by atoms with Crippen LogP contribution in [0.2, 0.25) is 0 Å². The van der Waals surface area contributed by atoms with Crippen molar-refractivity contribution in [3.05, 3.63) is 35.9 Å². The van der Waals surface area contributed by atoms with E-state index in [0.717, 1.165) is 0 Å². The van der Waals surface area contributed by atoms with E-state index in [0.29, 0.717) is 5.56 Å². The van der Waals surface area contributed by atoms with E-state index < -0.39 is 0 Å².